The highest BCUT2D eigenvalue weighted by Crippen LogP contribution is 2.22. The van der Waals surface area contributed by atoms with Gasteiger partial charge in [0, 0.05) is 19.1 Å². The third kappa shape index (κ3) is 2.93. The first-order valence-corrected chi connectivity index (χ1v) is 6.14. The molecule has 2 rings (SSSR count). The van der Waals surface area contributed by atoms with Gasteiger partial charge in [0.15, 0.2) is 0 Å². The number of rotatable bonds is 3. The number of phenolic OH excluding ortho intramolecular Hbond substituents is 1. The van der Waals surface area contributed by atoms with E-state index in [0.717, 1.165) is 12.1 Å². The Balaban J connectivity index is 2.04. The van der Waals surface area contributed by atoms with Gasteiger partial charge in [0.2, 0.25) is 0 Å². The summed E-state index contributed by atoms with van der Waals surface area (Å²) in [4.78, 5) is 2.25. The van der Waals surface area contributed by atoms with E-state index >= 15 is 0 Å². The molecule has 0 saturated carbocycles. The molecule has 0 spiro atoms. The van der Waals surface area contributed by atoms with Crippen molar-refractivity contribution in [3.63, 3.8) is 0 Å². The normalized spacial score (nSPS) is 25.2. The van der Waals surface area contributed by atoms with Crippen LogP contribution in [0, 0.1) is 0 Å². The van der Waals surface area contributed by atoms with Gasteiger partial charge in [-0.25, -0.2) is 0 Å². The van der Waals surface area contributed by atoms with Crippen LogP contribution in [0.4, 0.5) is 5.69 Å². The maximum atomic E-state index is 9.39. The maximum Gasteiger partial charge on any atom is 0.138 e. The van der Waals surface area contributed by atoms with Gasteiger partial charge in [-0.3, -0.25) is 4.90 Å². The van der Waals surface area contributed by atoms with Crippen molar-refractivity contribution in [2.24, 2.45) is 0 Å². The average molecular weight is 252 g/mol. The number of nitrogens with zero attached hydrogens (tertiary/aromatic N) is 1. The second-order valence-electron chi connectivity index (χ2n) is 4.81. The topological polar surface area (TPSA) is 79.0 Å². The maximum absolute atomic E-state index is 9.39. The zero-order chi connectivity index (χ0) is 13.1. The third-order valence-electron chi connectivity index (χ3n) is 3.32. The zero-order valence-corrected chi connectivity index (χ0v) is 10.5. The monoisotopic (exact) mass is 252 g/mol. The number of morpholine rings is 1. The van der Waals surface area contributed by atoms with Gasteiger partial charge in [-0.05, 0) is 24.6 Å². The van der Waals surface area contributed by atoms with E-state index in [1.807, 2.05) is 6.07 Å². The van der Waals surface area contributed by atoms with E-state index in [2.05, 4.69) is 11.8 Å². The highest BCUT2D eigenvalue weighted by Gasteiger charge is 2.25. The first-order chi connectivity index (χ1) is 8.60. The molecule has 2 atom stereocenters. The van der Waals surface area contributed by atoms with Crippen LogP contribution in [-0.2, 0) is 11.3 Å². The highest BCUT2D eigenvalue weighted by molar-refractivity contribution is 5.53. The molecule has 0 aliphatic carbocycles. The summed E-state index contributed by atoms with van der Waals surface area (Å²) in [5.74, 6) is 0.113. The minimum absolute atomic E-state index is 0.0426. The molecule has 0 radical (unpaired) electrons. The van der Waals surface area contributed by atoms with E-state index in [9.17, 15) is 5.11 Å². The molecule has 0 bridgehead atoms. The van der Waals surface area contributed by atoms with E-state index in [1.165, 1.54) is 0 Å². The highest BCUT2D eigenvalue weighted by atomic mass is 16.5. The molecule has 5 nitrogen and oxygen atoms in total. The molecule has 100 valence electrons. The Labute approximate surface area is 107 Å². The molecule has 1 aliphatic heterocycles. The Morgan fingerprint density at radius 1 is 1.50 bits per heavy atom. The van der Waals surface area contributed by atoms with Crippen LogP contribution in [0.1, 0.15) is 12.5 Å². The molecule has 1 aromatic rings. The van der Waals surface area contributed by atoms with E-state index in [-0.39, 0.29) is 18.5 Å². The first kappa shape index (κ1) is 13.1. The summed E-state index contributed by atoms with van der Waals surface area (Å²) < 4.78 is 5.49. The number of anilines is 1. The standard InChI is InChI=1S/C13H20N2O3/c1-9-8-18-11(7-16)6-15(9)5-10-2-3-13(17)12(14)4-10/h2-4,9,11,16-17H,5-8,14H2,1H3. The van der Waals surface area contributed by atoms with Gasteiger partial charge in [-0.1, -0.05) is 6.07 Å². The molecule has 2 unspecified atom stereocenters. The van der Waals surface area contributed by atoms with Crippen molar-refractivity contribution in [3.8, 4) is 5.75 Å². The number of hydrogen-bond donors (Lipinski definition) is 3. The number of benzene rings is 1. The predicted octanol–water partition coefficient (Wildman–Crippen LogP) is 0.556. The molecule has 18 heavy (non-hydrogen) atoms. The summed E-state index contributed by atoms with van der Waals surface area (Å²) in [6.45, 7) is 4.21. The molecule has 5 heteroatoms. The van der Waals surface area contributed by atoms with Crippen LogP contribution < -0.4 is 5.73 Å². The number of hydrogen-bond acceptors (Lipinski definition) is 5. The quantitative estimate of drug-likeness (QED) is 0.541. The van der Waals surface area contributed by atoms with Crippen LogP contribution in [0.5, 0.6) is 5.75 Å². The van der Waals surface area contributed by atoms with E-state index in [4.69, 9.17) is 15.6 Å². The number of aliphatic hydroxyl groups is 1. The lowest BCUT2D eigenvalue weighted by Crippen LogP contribution is -2.48. The number of aromatic hydroxyl groups is 1. The predicted molar refractivity (Wildman–Crippen MR) is 69.2 cm³/mol. The van der Waals surface area contributed by atoms with E-state index < -0.39 is 0 Å². The molecule has 1 aromatic carbocycles. The lowest BCUT2D eigenvalue weighted by atomic mass is 10.1. The molecule has 1 aliphatic rings. The Morgan fingerprint density at radius 3 is 2.94 bits per heavy atom. The van der Waals surface area contributed by atoms with Crippen LogP contribution >= 0.6 is 0 Å². The molecule has 0 amide bonds. The Hall–Kier alpha value is -1.30. The van der Waals surface area contributed by atoms with Crippen LogP contribution in [-0.4, -0.2) is 47.0 Å². The number of phenols is 1. The van der Waals surface area contributed by atoms with E-state index in [0.29, 0.717) is 24.9 Å². The Morgan fingerprint density at radius 2 is 2.28 bits per heavy atom. The van der Waals surface area contributed by atoms with Gasteiger partial charge in [-0.15, -0.1) is 0 Å². The lowest BCUT2D eigenvalue weighted by Gasteiger charge is -2.37. The molecular weight excluding hydrogens is 232 g/mol. The molecule has 1 saturated heterocycles. The van der Waals surface area contributed by atoms with Crippen LogP contribution in [0.3, 0.4) is 0 Å². The lowest BCUT2D eigenvalue weighted by molar-refractivity contribution is -0.0805. The van der Waals surface area contributed by atoms with Crippen LogP contribution in [0.15, 0.2) is 18.2 Å². The first-order valence-electron chi connectivity index (χ1n) is 6.14. The van der Waals surface area contributed by atoms with Gasteiger partial charge in [-0.2, -0.15) is 0 Å². The van der Waals surface area contributed by atoms with Crippen molar-refractivity contribution in [3.05, 3.63) is 23.8 Å². The molecule has 0 aromatic heterocycles. The summed E-state index contributed by atoms with van der Waals surface area (Å²) in [5.41, 5.74) is 7.13. The number of nitrogen functional groups attached to an aromatic ring is 1. The van der Waals surface area contributed by atoms with Gasteiger partial charge in [0.1, 0.15) is 5.75 Å². The van der Waals surface area contributed by atoms with Crippen LogP contribution in [0.25, 0.3) is 0 Å². The van der Waals surface area contributed by atoms with Crippen molar-refractivity contribution in [1.82, 2.24) is 4.90 Å². The minimum Gasteiger partial charge on any atom is -0.506 e. The minimum atomic E-state index is -0.115. The fourth-order valence-corrected chi connectivity index (χ4v) is 2.14. The second-order valence-corrected chi connectivity index (χ2v) is 4.81. The number of ether oxygens (including phenoxy) is 1. The van der Waals surface area contributed by atoms with Crippen molar-refractivity contribution < 1.29 is 14.9 Å². The fourth-order valence-electron chi connectivity index (χ4n) is 2.14. The Kier molecular flexibility index (Phi) is 4.06. The summed E-state index contributed by atoms with van der Waals surface area (Å²) in [6, 6.07) is 5.56. The third-order valence-corrected chi connectivity index (χ3v) is 3.32. The zero-order valence-electron chi connectivity index (χ0n) is 10.5. The molecule has 1 fully saturated rings. The average Bonchev–Trinajstić information content (AvgIpc) is 2.36. The Bertz CT molecular complexity index is 411. The van der Waals surface area contributed by atoms with Crippen LogP contribution in [0.2, 0.25) is 0 Å². The van der Waals surface area contributed by atoms with Crippen molar-refractivity contribution in [1.29, 1.82) is 0 Å². The smallest absolute Gasteiger partial charge is 0.138 e. The van der Waals surface area contributed by atoms with Crippen molar-refractivity contribution >= 4 is 5.69 Å². The fraction of sp³-hybridized carbons (Fsp3) is 0.538. The van der Waals surface area contributed by atoms with E-state index in [1.54, 1.807) is 12.1 Å². The molecule has 1 heterocycles. The van der Waals surface area contributed by atoms with Gasteiger partial charge >= 0.3 is 0 Å². The van der Waals surface area contributed by atoms with Gasteiger partial charge in [0.05, 0.1) is 25.0 Å². The van der Waals surface area contributed by atoms with Crippen molar-refractivity contribution in [2.45, 2.75) is 25.6 Å². The SMILES string of the molecule is CC1COC(CO)CN1Cc1ccc(O)c(N)c1. The summed E-state index contributed by atoms with van der Waals surface area (Å²) in [7, 11) is 0. The summed E-state index contributed by atoms with van der Waals surface area (Å²) >= 11 is 0. The molecular formula is C13H20N2O3. The number of nitrogens with two attached hydrogens (primary N) is 1. The molecule has 4 N–H and O–H groups in total. The largest absolute Gasteiger partial charge is 0.506 e. The summed E-state index contributed by atoms with van der Waals surface area (Å²) in [6.07, 6.45) is -0.115. The number of aliphatic hydroxyl groups excluding tert-OH is 1. The van der Waals surface area contributed by atoms with Gasteiger partial charge in [0.25, 0.3) is 0 Å². The van der Waals surface area contributed by atoms with Crippen molar-refractivity contribution in [2.75, 3.05) is 25.5 Å². The van der Waals surface area contributed by atoms with Gasteiger partial charge < -0.3 is 20.7 Å². The summed E-state index contributed by atoms with van der Waals surface area (Å²) in [5, 5.41) is 18.5. The second kappa shape index (κ2) is 5.56.